The first-order valence-electron chi connectivity index (χ1n) is 6.52. The molecule has 104 valence electrons. The van der Waals surface area contributed by atoms with E-state index in [-0.39, 0.29) is 5.82 Å². The zero-order chi connectivity index (χ0) is 13.8. The lowest BCUT2D eigenvalue weighted by molar-refractivity contribution is 0.106. The first-order chi connectivity index (χ1) is 9.81. The van der Waals surface area contributed by atoms with Gasteiger partial charge >= 0.3 is 0 Å². The summed E-state index contributed by atoms with van der Waals surface area (Å²) in [5.74, 6) is 1.71. The van der Waals surface area contributed by atoms with Crippen LogP contribution >= 0.6 is 11.8 Å². The molecule has 0 saturated carbocycles. The second-order valence-electron chi connectivity index (χ2n) is 4.60. The van der Waals surface area contributed by atoms with E-state index in [2.05, 4.69) is 6.07 Å². The van der Waals surface area contributed by atoms with Gasteiger partial charge in [0.15, 0.2) is 0 Å². The summed E-state index contributed by atoms with van der Waals surface area (Å²) in [7, 11) is 0. The molecule has 0 atom stereocenters. The SMILES string of the molecule is Fc1cccc(COCc2ccc3c(c2)OCCS3)c1. The number of thioether (sulfide) groups is 1. The van der Waals surface area contributed by atoms with Crippen LogP contribution in [0.15, 0.2) is 47.4 Å². The quantitative estimate of drug-likeness (QED) is 0.847. The molecule has 2 nitrogen and oxygen atoms in total. The van der Waals surface area contributed by atoms with Crippen molar-refractivity contribution in [3.05, 3.63) is 59.4 Å². The Morgan fingerprint density at radius 3 is 2.80 bits per heavy atom. The van der Waals surface area contributed by atoms with Gasteiger partial charge in [-0.3, -0.25) is 0 Å². The summed E-state index contributed by atoms with van der Waals surface area (Å²) in [5, 5.41) is 0. The fourth-order valence-corrected chi connectivity index (χ4v) is 2.90. The van der Waals surface area contributed by atoms with Crippen LogP contribution in [0, 0.1) is 5.82 Å². The van der Waals surface area contributed by atoms with E-state index in [0.29, 0.717) is 13.2 Å². The van der Waals surface area contributed by atoms with Gasteiger partial charge in [0.25, 0.3) is 0 Å². The summed E-state index contributed by atoms with van der Waals surface area (Å²) < 4.78 is 24.3. The smallest absolute Gasteiger partial charge is 0.133 e. The topological polar surface area (TPSA) is 18.5 Å². The first-order valence-corrected chi connectivity index (χ1v) is 7.50. The lowest BCUT2D eigenvalue weighted by Gasteiger charge is -2.17. The molecule has 0 aliphatic carbocycles. The van der Waals surface area contributed by atoms with Crippen LogP contribution in [0.2, 0.25) is 0 Å². The maximum absolute atomic E-state index is 13.0. The van der Waals surface area contributed by atoms with Crippen LogP contribution in [0.25, 0.3) is 0 Å². The number of fused-ring (bicyclic) bond motifs is 1. The van der Waals surface area contributed by atoms with Crippen LogP contribution in [0.3, 0.4) is 0 Å². The molecule has 1 aliphatic rings. The van der Waals surface area contributed by atoms with Crippen molar-refractivity contribution in [3.63, 3.8) is 0 Å². The summed E-state index contributed by atoms with van der Waals surface area (Å²) in [6, 6.07) is 12.6. The zero-order valence-corrected chi connectivity index (χ0v) is 11.8. The standard InChI is InChI=1S/C16H15FO2S/c17-14-3-1-2-12(8-14)10-18-11-13-4-5-16-15(9-13)19-6-7-20-16/h1-5,8-9H,6-7,10-11H2. The molecular weight excluding hydrogens is 275 g/mol. The predicted octanol–water partition coefficient (Wildman–Crippen LogP) is 4.03. The molecule has 2 aromatic rings. The number of hydrogen-bond donors (Lipinski definition) is 0. The average Bonchev–Trinajstić information content (AvgIpc) is 2.47. The predicted molar refractivity (Wildman–Crippen MR) is 77.6 cm³/mol. The van der Waals surface area contributed by atoms with Crippen molar-refractivity contribution in [1.29, 1.82) is 0 Å². The molecule has 0 spiro atoms. The minimum atomic E-state index is -0.231. The van der Waals surface area contributed by atoms with Crippen molar-refractivity contribution in [2.24, 2.45) is 0 Å². The van der Waals surface area contributed by atoms with Crippen molar-refractivity contribution in [2.45, 2.75) is 18.1 Å². The third kappa shape index (κ3) is 3.32. The van der Waals surface area contributed by atoms with Gasteiger partial charge in [-0.05, 0) is 35.4 Å². The fourth-order valence-electron chi connectivity index (χ4n) is 2.09. The molecular formula is C16H15FO2S. The highest BCUT2D eigenvalue weighted by Crippen LogP contribution is 2.33. The molecule has 1 heterocycles. The molecule has 1 aliphatic heterocycles. The van der Waals surface area contributed by atoms with E-state index in [0.717, 1.165) is 29.2 Å². The maximum Gasteiger partial charge on any atom is 0.133 e. The molecule has 2 aromatic carbocycles. The molecule has 0 amide bonds. The summed E-state index contributed by atoms with van der Waals surface area (Å²) >= 11 is 1.81. The minimum absolute atomic E-state index is 0.231. The van der Waals surface area contributed by atoms with Crippen molar-refractivity contribution >= 4 is 11.8 Å². The van der Waals surface area contributed by atoms with Gasteiger partial charge in [0.05, 0.1) is 19.8 Å². The maximum atomic E-state index is 13.0. The van der Waals surface area contributed by atoms with E-state index < -0.39 is 0 Å². The van der Waals surface area contributed by atoms with Crippen molar-refractivity contribution in [2.75, 3.05) is 12.4 Å². The Morgan fingerprint density at radius 2 is 1.95 bits per heavy atom. The molecule has 0 aromatic heterocycles. The number of halogens is 1. The molecule has 3 rings (SSSR count). The Balaban J connectivity index is 1.58. The normalized spacial score (nSPS) is 13.7. The minimum Gasteiger partial charge on any atom is -0.492 e. The number of hydrogen-bond acceptors (Lipinski definition) is 3. The van der Waals surface area contributed by atoms with Crippen LogP contribution < -0.4 is 4.74 Å². The highest BCUT2D eigenvalue weighted by Gasteiger charge is 2.11. The summed E-state index contributed by atoms with van der Waals surface area (Å²) in [5.41, 5.74) is 1.91. The Labute approximate surface area is 121 Å². The van der Waals surface area contributed by atoms with Crippen molar-refractivity contribution < 1.29 is 13.9 Å². The molecule has 4 heteroatoms. The van der Waals surface area contributed by atoms with E-state index in [1.807, 2.05) is 30.0 Å². The highest BCUT2D eigenvalue weighted by molar-refractivity contribution is 7.99. The first kappa shape index (κ1) is 13.5. The zero-order valence-electron chi connectivity index (χ0n) is 11.0. The highest BCUT2D eigenvalue weighted by atomic mass is 32.2. The van der Waals surface area contributed by atoms with E-state index in [4.69, 9.17) is 9.47 Å². The molecule has 0 N–H and O–H groups in total. The monoisotopic (exact) mass is 290 g/mol. The molecule has 0 radical (unpaired) electrons. The molecule has 20 heavy (non-hydrogen) atoms. The largest absolute Gasteiger partial charge is 0.492 e. The lowest BCUT2D eigenvalue weighted by atomic mass is 10.2. The van der Waals surface area contributed by atoms with Gasteiger partial charge < -0.3 is 9.47 Å². The Morgan fingerprint density at radius 1 is 1.10 bits per heavy atom. The summed E-state index contributed by atoms with van der Waals surface area (Å²) in [6.07, 6.45) is 0. The van der Waals surface area contributed by atoms with E-state index >= 15 is 0 Å². The van der Waals surface area contributed by atoms with Crippen LogP contribution in [0.4, 0.5) is 4.39 Å². The average molecular weight is 290 g/mol. The fraction of sp³-hybridized carbons (Fsp3) is 0.250. The Hall–Kier alpha value is -1.52. The van der Waals surface area contributed by atoms with Crippen LogP contribution in [-0.4, -0.2) is 12.4 Å². The molecule has 0 unspecified atom stereocenters. The van der Waals surface area contributed by atoms with Crippen LogP contribution in [-0.2, 0) is 18.0 Å². The van der Waals surface area contributed by atoms with E-state index in [1.165, 1.54) is 17.0 Å². The van der Waals surface area contributed by atoms with Gasteiger partial charge in [-0.15, -0.1) is 11.8 Å². The van der Waals surface area contributed by atoms with Crippen LogP contribution in [0.5, 0.6) is 5.75 Å². The van der Waals surface area contributed by atoms with Crippen LogP contribution in [0.1, 0.15) is 11.1 Å². The number of benzene rings is 2. The van der Waals surface area contributed by atoms with Crippen molar-refractivity contribution in [3.8, 4) is 5.75 Å². The lowest BCUT2D eigenvalue weighted by Crippen LogP contribution is -2.07. The molecule has 0 fully saturated rings. The second kappa shape index (κ2) is 6.29. The van der Waals surface area contributed by atoms with E-state index in [9.17, 15) is 4.39 Å². The Kier molecular flexibility index (Phi) is 4.23. The summed E-state index contributed by atoms with van der Waals surface area (Å²) in [6.45, 7) is 1.66. The third-order valence-corrected chi connectivity index (χ3v) is 4.05. The van der Waals surface area contributed by atoms with Crippen molar-refractivity contribution in [1.82, 2.24) is 0 Å². The van der Waals surface area contributed by atoms with Gasteiger partial charge in [0, 0.05) is 10.6 Å². The second-order valence-corrected chi connectivity index (χ2v) is 5.74. The van der Waals surface area contributed by atoms with Gasteiger partial charge in [-0.25, -0.2) is 4.39 Å². The molecule has 0 bridgehead atoms. The molecule has 0 saturated heterocycles. The van der Waals surface area contributed by atoms with Gasteiger partial charge in [-0.1, -0.05) is 18.2 Å². The summed E-state index contributed by atoms with van der Waals surface area (Å²) in [4.78, 5) is 1.19. The number of rotatable bonds is 4. The van der Waals surface area contributed by atoms with Gasteiger partial charge in [0.1, 0.15) is 11.6 Å². The number of ether oxygens (including phenoxy) is 2. The van der Waals surface area contributed by atoms with E-state index in [1.54, 1.807) is 6.07 Å². The third-order valence-electron chi connectivity index (χ3n) is 3.03. The van der Waals surface area contributed by atoms with Gasteiger partial charge in [-0.2, -0.15) is 0 Å². The van der Waals surface area contributed by atoms with Gasteiger partial charge in [0.2, 0.25) is 0 Å². The Bertz CT molecular complexity index is 601.